The second kappa shape index (κ2) is 4.80. The molecule has 0 aromatic heterocycles. The van der Waals surface area contributed by atoms with Gasteiger partial charge in [-0.3, -0.25) is 4.79 Å². The van der Waals surface area contributed by atoms with Crippen molar-refractivity contribution in [1.82, 2.24) is 5.32 Å². The van der Waals surface area contributed by atoms with E-state index in [1.165, 1.54) is 0 Å². The molecule has 2 atom stereocenters. The minimum atomic E-state index is -0.597. The van der Waals surface area contributed by atoms with Gasteiger partial charge in [0.25, 0.3) is 0 Å². The Morgan fingerprint density at radius 2 is 2.20 bits per heavy atom. The average molecular weight is 184 g/mol. The smallest absolute Gasteiger partial charge is 0.314 e. The van der Waals surface area contributed by atoms with Gasteiger partial charge in [-0.1, -0.05) is 31.9 Å². The van der Waals surface area contributed by atoms with Crippen molar-refractivity contribution in [1.29, 1.82) is 0 Å². The van der Waals surface area contributed by atoms with Crippen LogP contribution in [0.2, 0.25) is 0 Å². The maximum Gasteiger partial charge on any atom is 0.314 e. The Hall–Kier alpha value is 0.0500. The van der Waals surface area contributed by atoms with Crippen LogP contribution in [-0.2, 0) is 0 Å². The zero-order valence-electron chi connectivity index (χ0n) is 6.03. The van der Waals surface area contributed by atoms with Crippen LogP contribution < -0.4 is 5.32 Å². The van der Waals surface area contributed by atoms with Gasteiger partial charge >= 0.3 is 5.37 Å². The molecule has 0 aromatic carbocycles. The van der Waals surface area contributed by atoms with Gasteiger partial charge in [-0.2, -0.15) is 0 Å². The van der Waals surface area contributed by atoms with Crippen LogP contribution in [0.3, 0.4) is 0 Å². The molecule has 0 aliphatic rings. The van der Waals surface area contributed by atoms with Crippen molar-refractivity contribution in [2.24, 2.45) is 5.92 Å². The molecule has 0 saturated carbocycles. The highest BCUT2D eigenvalue weighted by Gasteiger charge is 2.12. The van der Waals surface area contributed by atoms with E-state index in [-0.39, 0.29) is 11.4 Å². The Morgan fingerprint density at radius 1 is 1.70 bits per heavy atom. The quantitative estimate of drug-likeness (QED) is 0.407. The van der Waals surface area contributed by atoms with Crippen molar-refractivity contribution < 1.29 is 4.79 Å². The summed E-state index contributed by atoms with van der Waals surface area (Å²) < 4.78 is 0. The van der Waals surface area contributed by atoms with Crippen LogP contribution in [0.25, 0.3) is 0 Å². The molecule has 0 saturated heterocycles. The maximum atomic E-state index is 10.2. The van der Waals surface area contributed by atoms with Crippen molar-refractivity contribution in [3.8, 4) is 0 Å². The third-order valence-corrected chi connectivity index (χ3v) is 2.04. The number of amides is 1. The van der Waals surface area contributed by atoms with E-state index in [4.69, 9.17) is 23.2 Å². The predicted octanol–water partition coefficient (Wildman–Crippen LogP) is 2.55. The number of alkyl halides is 1. The van der Waals surface area contributed by atoms with Crippen LogP contribution in [0, 0.1) is 5.92 Å². The summed E-state index contributed by atoms with van der Waals surface area (Å²) in [5, 5.41) is 1.79. The molecule has 2 unspecified atom stereocenters. The lowest BCUT2D eigenvalue weighted by Gasteiger charge is -2.15. The van der Waals surface area contributed by atoms with Gasteiger partial charge < -0.3 is 5.32 Å². The monoisotopic (exact) mass is 183 g/mol. The normalized spacial score (nSPS) is 16.0. The molecule has 0 aromatic rings. The van der Waals surface area contributed by atoms with Gasteiger partial charge in [0.1, 0.15) is 5.50 Å². The van der Waals surface area contributed by atoms with E-state index in [0.717, 1.165) is 6.42 Å². The first-order chi connectivity index (χ1) is 4.57. The molecular formula is C6H11Cl2NO. The molecule has 1 amide bonds. The van der Waals surface area contributed by atoms with E-state index >= 15 is 0 Å². The largest absolute Gasteiger partial charge is 0.326 e. The van der Waals surface area contributed by atoms with Crippen LogP contribution >= 0.6 is 23.2 Å². The van der Waals surface area contributed by atoms with Crippen LogP contribution in [0.5, 0.6) is 0 Å². The second-order valence-electron chi connectivity index (χ2n) is 2.21. The number of halogens is 2. The standard InChI is InChI=1S/C6H11Cl2NO/c1-3-4(2)5(7)9-6(8)10/h4-5H,3H2,1-2H3,(H,9,10). The van der Waals surface area contributed by atoms with Crippen molar-refractivity contribution in [3.63, 3.8) is 0 Å². The molecule has 2 nitrogen and oxygen atoms in total. The molecule has 0 radical (unpaired) electrons. The van der Waals surface area contributed by atoms with E-state index in [1.807, 2.05) is 13.8 Å². The van der Waals surface area contributed by atoms with Crippen molar-refractivity contribution in [2.75, 3.05) is 0 Å². The van der Waals surface area contributed by atoms with Gasteiger partial charge in [-0.25, -0.2) is 0 Å². The zero-order valence-corrected chi connectivity index (χ0v) is 7.54. The van der Waals surface area contributed by atoms with Gasteiger partial charge in [0.2, 0.25) is 0 Å². The fourth-order valence-electron chi connectivity index (χ4n) is 0.458. The first-order valence-electron chi connectivity index (χ1n) is 3.18. The molecule has 0 aliphatic carbocycles. The number of hydrogen-bond donors (Lipinski definition) is 1. The molecule has 0 fully saturated rings. The molecule has 1 N–H and O–H groups in total. The average Bonchev–Trinajstić information content (AvgIpc) is 1.85. The maximum absolute atomic E-state index is 10.2. The number of rotatable bonds is 3. The first kappa shape index (κ1) is 10.0. The Kier molecular flexibility index (Phi) is 4.83. The second-order valence-corrected chi connectivity index (χ2v) is 3.02. The summed E-state index contributed by atoms with van der Waals surface area (Å²) in [6.07, 6.45) is 0.922. The topological polar surface area (TPSA) is 29.1 Å². The van der Waals surface area contributed by atoms with Crippen molar-refractivity contribution in [2.45, 2.75) is 25.8 Å². The molecule has 60 valence electrons. The molecule has 0 aliphatic heterocycles. The van der Waals surface area contributed by atoms with Gasteiger partial charge in [0.05, 0.1) is 0 Å². The summed E-state index contributed by atoms with van der Waals surface area (Å²) in [5.74, 6) is 0.254. The lowest BCUT2D eigenvalue weighted by atomic mass is 10.1. The fourth-order valence-corrected chi connectivity index (χ4v) is 0.908. The highest BCUT2D eigenvalue weighted by Crippen LogP contribution is 2.11. The zero-order chi connectivity index (χ0) is 8.15. The number of carbonyl (C=O) groups is 1. The predicted molar refractivity (Wildman–Crippen MR) is 43.5 cm³/mol. The summed E-state index contributed by atoms with van der Waals surface area (Å²) in [6.45, 7) is 3.95. The number of nitrogens with one attached hydrogen (secondary N) is 1. The Bertz CT molecular complexity index is 118. The third-order valence-electron chi connectivity index (χ3n) is 1.39. The summed E-state index contributed by atoms with van der Waals surface area (Å²) in [5.41, 5.74) is -0.352. The van der Waals surface area contributed by atoms with Crippen LogP contribution in [0.4, 0.5) is 4.79 Å². The van der Waals surface area contributed by atoms with E-state index in [0.29, 0.717) is 0 Å². The minimum Gasteiger partial charge on any atom is -0.326 e. The third kappa shape index (κ3) is 3.96. The van der Waals surface area contributed by atoms with E-state index in [1.54, 1.807) is 0 Å². The lowest BCUT2D eigenvalue weighted by Crippen LogP contribution is -2.31. The molecule has 0 bridgehead atoms. The first-order valence-corrected chi connectivity index (χ1v) is 3.99. The van der Waals surface area contributed by atoms with Gasteiger partial charge in [0.15, 0.2) is 0 Å². The molecule has 4 heteroatoms. The van der Waals surface area contributed by atoms with Crippen LogP contribution in [0.1, 0.15) is 20.3 Å². The van der Waals surface area contributed by atoms with E-state index in [2.05, 4.69) is 5.32 Å². The van der Waals surface area contributed by atoms with E-state index < -0.39 is 5.37 Å². The summed E-state index contributed by atoms with van der Waals surface area (Å²) in [4.78, 5) is 10.2. The van der Waals surface area contributed by atoms with Gasteiger partial charge in [-0.05, 0) is 17.5 Å². The fraction of sp³-hybridized carbons (Fsp3) is 0.833. The molecule has 0 rings (SSSR count). The Morgan fingerprint density at radius 3 is 2.50 bits per heavy atom. The highest BCUT2D eigenvalue weighted by molar-refractivity contribution is 6.63. The lowest BCUT2D eigenvalue weighted by molar-refractivity contribution is 0.256. The number of hydrogen-bond acceptors (Lipinski definition) is 1. The summed E-state index contributed by atoms with van der Waals surface area (Å²) in [7, 11) is 0. The minimum absolute atomic E-state index is 0.254. The number of carbonyl (C=O) groups excluding carboxylic acids is 1. The van der Waals surface area contributed by atoms with Crippen LogP contribution in [0.15, 0.2) is 0 Å². The molecule has 10 heavy (non-hydrogen) atoms. The highest BCUT2D eigenvalue weighted by atomic mass is 35.5. The molecule has 0 heterocycles. The van der Waals surface area contributed by atoms with Gasteiger partial charge in [0, 0.05) is 0 Å². The Labute approximate surface area is 70.9 Å². The summed E-state index contributed by atoms with van der Waals surface area (Å²) in [6, 6.07) is 0. The van der Waals surface area contributed by atoms with E-state index in [9.17, 15) is 4.79 Å². The SMILES string of the molecule is CCC(C)C(Cl)NC(=O)Cl. The molecule has 0 spiro atoms. The Balaban J connectivity index is 3.61. The van der Waals surface area contributed by atoms with Gasteiger partial charge in [-0.15, -0.1) is 0 Å². The van der Waals surface area contributed by atoms with Crippen molar-refractivity contribution in [3.05, 3.63) is 0 Å². The summed E-state index contributed by atoms with van der Waals surface area (Å²) >= 11 is 10.7. The van der Waals surface area contributed by atoms with Crippen molar-refractivity contribution >= 4 is 28.6 Å². The van der Waals surface area contributed by atoms with Crippen LogP contribution in [-0.4, -0.2) is 10.9 Å². The molecular weight excluding hydrogens is 173 g/mol.